The van der Waals surface area contributed by atoms with Crippen molar-refractivity contribution >= 4 is 5.82 Å². The van der Waals surface area contributed by atoms with Gasteiger partial charge in [0, 0.05) is 11.8 Å². The molecule has 70 valence electrons. The van der Waals surface area contributed by atoms with Gasteiger partial charge in [-0.1, -0.05) is 0 Å². The van der Waals surface area contributed by atoms with E-state index in [1.54, 1.807) is 6.07 Å². The predicted molar refractivity (Wildman–Crippen MR) is 43.9 cm³/mol. The number of rotatable bonds is 1. The zero-order chi connectivity index (χ0) is 9.47. The van der Waals surface area contributed by atoms with Crippen LogP contribution in [0.15, 0.2) is 12.4 Å². The van der Waals surface area contributed by atoms with Crippen LogP contribution in [0.1, 0.15) is 5.69 Å². The molecule has 0 spiro atoms. The maximum Gasteiger partial charge on any atom is 0.282 e. The number of hydrogen-bond acceptors (Lipinski definition) is 3. The Hall–Kier alpha value is -1.26. The second-order valence-corrected chi connectivity index (χ2v) is 3.23. The van der Waals surface area contributed by atoms with Gasteiger partial charge in [-0.3, -0.25) is 0 Å². The summed E-state index contributed by atoms with van der Waals surface area (Å²) in [7, 11) is 0. The summed E-state index contributed by atoms with van der Waals surface area (Å²) in [5.41, 5.74) is 0.792. The van der Waals surface area contributed by atoms with Crippen LogP contribution in [0.4, 0.5) is 14.6 Å². The molecule has 2 rings (SSSR count). The van der Waals surface area contributed by atoms with Gasteiger partial charge >= 0.3 is 0 Å². The molecule has 0 atom stereocenters. The zero-order valence-electron chi connectivity index (χ0n) is 7.17. The average Bonchev–Trinajstić information content (AvgIpc) is 2.00. The Morgan fingerprint density at radius 1 is 1.38 bits per heavy atom. The van der Waals surface area contributed by atoms with E-state index in [0.29, 0.717) is 5.82 Å². The van der Waals surface area contributed by atoms with E-state index in [9.17, 15) is 8.78 Å². The Morgan fingerprint density at radius 3 is 2.62 bits per heavy atom. The summed E-state index contributed by atoms with van der Waals surface area (Å²) in [6.07, 6.45) is 1.39. The largest absolute Gasteiger partial charge is 0.344 e. The number of hydrogen-bond donors (Lipinski definition) is 0. The fourth-order valence-corrected chi connectivity index (χ4v) is 1.29. The third kappa shape index (κ3) is 1.59. The normalized spacial score (nSPS) is 19.8. The second-order valence-electron chi connectivity index (χ2n) is 3.23. The lowest BCUT2D eigenvalue weighted by Crippen LogP contribution is -2.56. The van der Waals surface area contributed by atoms with Crippen molar-refractivity contribution in [1.29, 1.82) is 0 Å². The van der Waals surface area contributed by atoms with Crippen LogP contribution in [0.25, 0.3) is 0 Å². The SMILES string of the molecule is Cc1cc(N2CC(F)(F)C2)ncn1. The summed E-state index contributed by atoms with van der Waals surface area (Å²) in [6.45, 7) is 1.34. The zero-order valence-corrected chi connectivity index (χ0v) is 7.17. The van der Waals surface area contributed by atoms with Crippen LogP contribution < -0.4 is 4.90 Å². The van der Waals surface area contributed by atoms with Crippen molar-refractivity contribution in [2.45, 2.75) is 12.8 Å². The number of aryl methyl sites for hydroxylation is 1. The van der Waals surface area contributed by atoms with Gasteiger partial charge in [-0.05, 0) is 6.92 Å². The number of anilines is 1. The second kappa shape index (κ2) is 2.61. The van der Waals surface area contributed by atoms with Gasteiger partial charge in [0.05, 0.1) is 13.1 Å². The van der Waals surface area contributed by atoms with E-state index in [1.165, 1.54) is 11.2 Å². The summed E-state index contributed by atoms with van der Waals surface area (Å²) < 4.78 is 25.0. The van der Waals surface area contributed by atoms with E-state index in [2.05, 4.69) is 9.97 Å². The molecule has 0 N–H and O–H groups in total. The Kier molecular flexibility index (Phi) is 1.68. The molecule has 1 aromatic rings. The van der Waals surface area contributed by atoms with Crippen molar-refractivity contribution < 1.29 is 8.78 Å². The molecule has 0 aromatic carbocycles. The molecular weight excluding hydrogens is 176 g/mol. The highest BCUT2D eigenvalue weighted by Crippen LogP contribution is 2.30. The standard InChI is InChI=1S/C8H9F2N3/c1-6-2-7(12-5-11-6)13-3-8(9,10)4-13/h2,5H,3-4H2,1H3. The minimum Gasteiger partial charge on any atom is -0.344 e. The molecule has 13 heavy (non-hydrogen) atoms. The van der Waals surface area contributed by atoms with E-state index in [1.807, 2.05) is 6.92 Å². The lowest BCUT2D eigenvalue weighted by molar-refractivity contribution is -0.0267. The molecular formula is C8H9F2N3. The Bertz CT molecular complexity index is 319. The molecule has 1 fully saturated rings. The fourth-order valence-electron chi connectivity index (χ4n) is 1.29. The minimum atomic E-state index is -2.54. The van der Waals surface area contributed by atoms with Crippen LogP contribution in [-0.4, -0.2) is 29.0 Å². The van der Waals surface area contributed by atoms with Crippen molar-refractivity contribution in [3.05, 3.63) is 18.1 Å². The third-order valence-corrected chi connectivity index (χ3v) is 1.96. The molecule has 0 bridgehead atoms. The lowest BCUT2D eigenvalue weighted by Gasteiger charge is -2.39. The molecule has 0 unspecified atom stereocenters. The van der Waals surface area contributed by atoms with Crippen molar-refractivity contribution in [3.63, 3.8) is 0 Å². The summed E-state index contributed by atoms with van der Waals surface area (Å²) in [6, 6.07) is 1.70. The van der Waals surface area contributed by atoms with Crippen LogP contribution >= 0.6 is 0 Å². The topological polar surface area (TPSA) is 29.0 Å². The van der Waals surface area contributed by atoms with Gasteiger partial charge in [0.1, 0.15) is 12.1 Å². The van der Waals surface area contributed by atoms with E-state index >= 15 is 0 Å². The highest BCUT2D eigenvalue weighted by atomic mass is 19.3. The highest BCUT2D eigenvalue weighted by Gasteiger charge is 2.44. The van der Waals surface area contributed by atoms with Gasteiger partial charge < -0.3 is 4.90 Å². The van der Waals surface area contributed by atoms with Gasteiger partial charge in [0.25, 0.3) is 5.92 Å². The van der Waals surface area contributed by atoms with Crippen molar-refractivity contribution in [1.82, 2.24) is 9.97 Å². The quantitative estimate of drug-likeness (QED) is 0.659. The van der Waals surface area contributed by atoms with Gasteiger partial charge in [0.2, 0.25) is 0 Å². The molecule has 0 saturated carbocycles. The van der Waals surface area contributed by atoms with Crippen LogP contribution in [0.5, 0.6) is 0 Å². The molecule has 0 aliphatic carbocycles. The van der Waals surface area contributed by atoms with Crippen LogP contribution in [-0.2, 0) is 0 Å². The van der Waals surface area contributed by atoms with E-state index in [-0.39, 0.29) is 13.1 Å². The number of alkyl halides is 2. The Morgan fingerprint density at radius 2 is 2.08 bits per heavy atom. The third-order valence-electron chi connectivity index (χ3n) is 1.96. The van der Waals surface area contributed by atoms with Crippen LogP contribution in [0, 0.1) is 6.92 Å². The number of halogens is 2. The van der Waals surface area contributed by atoms with Gasteiger partial charge in [-0.15, -0.1) is 0 Å². The summed E-state index contributed by atoms with van der Waals surface area (Å²) >= 11 is 0. The van der Waals surface area contributed by atoms with Crippen molar-refractivity contribution in [2.24, 2.45) is 0 Å². The van der Waals surface area contributed by atoms with Gasteiger partial charge in [-0.2, -0.15) is 0 Å². The van der Waals surface area contributed by atoms with Crippen LogP contribution in [0.2, 0.25) is 0 Å². The summed E-state index contributed by atoms with van der Waals surface area (Å²) in [5.74, 6) is -1.96. The maximum absolute atomic E-state index is 12.5. The number of aromatic nitrogens is 2. The maximum atomic E-state index is 12.5. The molecule has 1 aromatic heterocycles. The first-order valence-electron chi connectivity index (χ1n) is 3.98. The monoisotopic (exact) mass is 185 g/mol. The minimum absolute atomic E-state index is 0.233. The van der Waals surface area contributed by atoms with E-state index in [0.717, 1.165) is 5.69 Å². The molecule has 1 aliphatic rings. The van der Waals surface area contributed by atoms with Gasteiger partial charge in [-0.25, -0.2) is 18.7 Å². The van der Waals surface area contributed by atoms with Crippen molar-refractivity contribution in [2.75, 3.05) is 18.0 Å². The Balaban J connectivity index is 2.11. The molecule has 5 heteroatoms. The van der Waals surface area contributed by atoms with E-state index < -0.39 is 5.92 Å². The van der Waals surface area contributed by atoms with Crippen molar-refractivity contribution in [3.8, 4) is 0 Å². The first-order valence-corrected chi connectivity index (χ1v) is 3.98. The highest BCUT2D eigenvalue weighted by molar-refractivity contribution is 5.43. The lowest BCUT2D eigenvalue weighted by atomic mass is 10.1. The fraction of sp³-hybridized carbons (Fsp3) is 0.500. The first-order chi connectivity index (χ1) is 6.07. The first kappa shape index (κ1) is 8.34. The van der Waals surface area contributed by atoms with Crippen LogP contribution in [0.3, 0.4) is 0 Å². The average molecular weight is 185 g/mol. The summed E-state index contributed by atoms with van der Waals surface area (Å²) in [5, 5.41) is 0. The summed E-state index contributed by atoms with van der Waals surface area (Å²) in [4.78, 5) is 9.34. The van der Waals surface area contributed by atoms with E-state index in [4.69, 9.17) is 0 Å². The van der Waals surface area contributed by atoms with Gasteiger partial charge in [0.15, 0.2) is 0 Å². The molecule has 0 amide bonds. The molecule has 0 radical (unpaired) electrons. The predicted octanol–water partition coefficient (Wildman–Crippen LogP) is 1.24. The molecule has 2 heterocycles. The number of nitrogens with zero attached hydrogens (tertiary/aromatic N) is 3. The molecule has 1 saturated heterocycles. The Labute approximate surface area is 74.4 Å². The molecule has 1 aliphatic heterocycles. The smallest absolute Gasteiger partial charge is 0.282 e. The molecule has 3 nitrogen and oxygen atoms in total.